The van der Waals surface area contributed by atoms with Crippen molar-refractivity contribution in [3.8, 4) is 0 Å². The van der Waals surface area contributed by atoms with E-state index < -0.39 is 5.97 Å². The number of nitrogens with one attached hydrogen (secondary N) is 1. The highest BCUT2D eigenvalue weighted by molar-refractivity contribution is 5.66. The number of unbranched alkanes of at least 4 members (excludes halogenated alkanes) is 3. The Morgan fingerprint density at radius 1 is 1.21 bits per heavy atom. The third-order valence-electron chi connectivity index (χ3n) is 2.05. The van der Waals surface area contributed by atoms with Crippen molar-refractivity contribution in [2.45, 2.75) is 46.0 Å². The van der Waals surface area contributed by atoms with E-state index in [2.05, 4.69) is 19.2 Å². The molecule has 0 aliphatic heterocycles. The molecule has 3 nitrogen and oxygen atoms in total. The Bertz CT molecular complexity index is 146. The molecule has 0 aliphatic rings. The zero-order valence-corrected chi connectivity index (χ0v) is 9.38. The molecule has 3 heteroatoms. The highest BCUT2D eigenvalue weighted by Gasteiger charge is 1.96. The topological polar surface area (TPSA) is 49.3 Å². The van der Waals surface area contributed by atoms with Crippen LogP contribution in [0.15, 0.2) is 0 Å². The largest absolute Gasteiger partial charge is 0.481 e. The van der Waals surface area contributed by atoms with E-state index in [4.69, 9.17) is 5.11 Å². The van der Waals surface area contributed by atoms with Gasteiger partial charge in [0.1, 0.15) is 0 Å². The van der Waals surface area contributed by atoms with Gasteiger partial charge < -0.3 is 10.4 Å². The first-order valence-electron chi connectivity index (χ1n) is 5.55. The molecular formula is C11H23NO2. The molecule has 0 atom stereocenters. The molecule has 2 N–H and O–H groups in total. The van der Waals surface area contributed by atoms with Gasteiger partial charge in [-0.05, 0) is 31.8 Å². The van der Waals surface area contributed by atoms with Gasteiger partial charge in [-0.15, -0.1) is 0 Å². The summed E-state index contributed by atoms with van der Waals surface area (Å²) < 4.78 is 0. The van der Waals surface area contributed by atoms with Gasteiger partial charge >= 0.3 is 5.97 Å². The number of rotatable bonds is 9. The first kappa shape index (κ1) is 13.4. The average Bonchev–Trinajstić information content (AvgIpc) is 2.08. The Hall–Kier alpha value is -0.570. The molecule has 0 bridgehead atoms. The Morgan fingerprint density at radius 3 is 2.43 bits per heavy atom. The minimum absolute atomic E-state index is 0.319. The van der Waals surface area contributed by atoms with E-state index in [1.54, 1.807) is 0 Å². The lowest BCUT2D eigenvalue weighted by molar-refractivity contribution is -0.137. The highest BCUT2D eigenvalue weighted by atomic mass is 16.4. The maximum Gasteiger partial charge on any atom is 0.303 e. The smallest absolute Gasteiger partial charge is 0.303 e. The summed E-state index contributed by atoms with van der Waals surface area (Å²) in [6.45, 7) is 6.53. The zero-order chi connectivity index (χ0) is 10.8. The molecule has 0 rings (SSSR count). The second-order valence-corrected chi connectivity index (χ2v) is 4.16. The fourth-order valence-corrected chi connectivity index (χ4v) is 1.27. The Morgan fingerprint density at radius 2 is 1.86 bits per heavy atom. The van der Waals surface area contributed by atoms with E-state index in [1.165, 1.54) is 0 Å². The lowest BCUT2D eigenvalue weighted by atomic mass is 10.1. The maximum atomic E-state index is 10.2. The van der Waals surface area contributed by atoms with Gasteiger partial charge in [-0.2, -0.15) is 0 Å². The van der Waals surface area contributed by atoms with Crippen molar-refractivity contribution >= 4 is 5.97 Å². The first-order chi connectivity index (χ1) is 6.63. The van der Waals surface area contributed by atoms with Crippen LogP contribution in [-0.2, 0) is 4.79 Å². The Labute approximate surface area is 86.9 Å². The molecule has 0 amide bonds. The van der Waals surface area contributed by atoms with Crippen LogP contribution >= 0.6 is 0 Å². The third kappa shape index (κ3) is 11.4. The minimum atomic E-state index is -0.678. The zero-order valence-electron chi connectivity index (χ0n) is 9.38. The van der Waals surface area contributed by atoms with Crippen molar-refractivity contribution < 1.29 is 9.90 Å². The lowest BCUT2D eigenvalue weighted by Crippen LogP contribution is -2.20. The monoisotopic (exact) mass is 201 g/mol. The van der Waals surface area contributed by atoms with Crippen LogP contribution in [0.3, 0.4) is 0 Å². The molecule has 0 aromatic heterocycles. The Balaban J connectivity index is 2.96. The van der Waals surface area contributed by atoms with Gasteiger partial charge in [0.25, 0.3) is 0 Å². The molecule has 0 saturated carbocycles. The van der Waals surface area contributed by atoms with Gasteiger partial charge in [-0.3, -0.25) is 4.79 Å². The quantitative estimate of drug-likeness (QED) is 0.563. The van der Waals surface area contributed by atoms with Crippen LogP contribution in [0.2, 0.25) is 0 Å². The van der Waals surface area contributed by atoms with Crippen molar-refractivity contribution in [1.82, 2.24) is 5.32 Å². The van der Waals surface area contributed by atoms with Crippen molar-refractivity contribution in [2.75, 3.05) is 13.1 Å². The van der Waals surface area contributed by atoms with Crippen molar-refractivity contribution in [3.05, 3.63) is 0 Å². The van der Waals surface area contributed by atoms with Crippen LogP contribution in [0.4, 0.5) is 0 Å². The average molecular weight is 201 g/mol. The van der Waals surface area contributed by atoms with Crippen LogP contribution in [0, 0.1) is 5.92 Å². The van der Waals surface area contributed by atoms with Gasteiger partial charge in [-0.25, -0.2) is 0 Å². The lowest BCUT2D eigenvalue weighted by Gasteiger charge is -2.06. The molecule has 0 aromatic rings. The second-order valence-electron chi connectivity index (χ2n) is 4.16. The fraction of sp³-hybridized carbons (Fsp3) is 0.909. The van der Waals surface area contributed by atoms with E-state index in [1.807, 2.05) is 0 Å². The third-order valence-corrected chi connectivity index (χ3v) is 2.05. The van der Waals surface area contributed by atoms with E-state index in [0.29, 0.717) is 12.3 Å². The summed E-state index contributed by atoms with van der Waals surface area (Å²) in [6, 6.07) is 0. The number of carboxylic acid groups (broad SMARTS) is 1. The fourth-order valence-electron chi connectivity index (χ4n) is 1.27. The molecule has 14 heavy (non-hydrogen) atoms. The van der Waals surface area contributed by atoms with E-state index in [-0.39, 0.29) is 0 Å². The van der Waals surface area contributed by atoms with Crippen LogP contribution in [-0.4, -0.2) is 24.2 Å². The van der Waals surface area contributed by atoms with E-state index >= 15 is 0 Å². The summed E-state index contributed by atoms with van der Waals surface area (Å²) in [7, 11) is 0. The number of carboxylic acids is 1. The summed E-state index contributed by atoms with van der Waals surface area (Å²) in [5.74, 6) is 0.0324. The van der Waals surface area contributed by atoms with E-state index in [9.17, 15) is 4.79 Å². The molecule has 0 heterocycles. The summed E-state index contributed by atoms with van der Waals surface area (Å²) >= 11 is 0. The molecule has 0 spiro atoms. The molecule has 0 aromatic carbocycles. The number of hydrogen-bond donors (Lipinski definition) is 2. The summed E-state index contributed by atoms with van der Waals surface area (Å²) in [4.78, 5) is 10.2. The van der Waals surface area contributed by atoms with Crippen molar-refractivity contribution in [2.24, 2.45) is 5.92 Å². The molecule has 0 aliphatic carbocycles. The Kier molecular flexibility index (Phi) is 8.64. The van der Waals surface area contributed by atoms with Crippen molar-refractivity contribution in [1.29, 1.82) is 0 Å². The molecule has 0 saturated heterocycles. The van der Waals surface area contributed by atoms with Gasteiger partial charge in [-0.1, -0.05) is 26.7 Å². The van der Waals surface area contributed by atoms with E-state index in [0.717, 1.165) is 38.8 Å². The van der Waals surface area contributed by atoms with Crippen LogP contribution < -0.4 is 5.32 Å². The van der Waals surface area contributed by atoms with Crippen LogP contribution in [0.25, 0.3) is 0 Å². The van der Waals surface area contributed by atoms with Gasteiger partial charge in [0.05, 0.1) is 0 Å². The van der Waals surface area contributed by atoms with Gasteiger partial charge in [0.15, 0.2) is 0 Å². The maximum absolute atomic E-state index is 10.2. The van der Waals surface area contributed by atoms with Crippen molar-refractivity contribution in [3.63, 3.8) is 0 Å². The van der Waals surface area contributed by atoms with Crippen LogP contribution in [0.5, 0.6) is 0 Å². The molecule has 84 valence electrons. The highest BCUT2D eigenvalue weighted by Crippen LogP contribution is 2.02. The number of carbonyl (C=O) groups is 1. The summed E-state index contributed by atoms with van der Waals surface area (Å²) in [5.41, 5.74) is 0. The number of hydrogen-bond acceptors (Lipinski definition) is 2. The molecule has 0 fully saturated rings. The SMILES string of the molecule is CC(C)CNCCCCCCC(=O)O. The predicted octanol–water partition coefficient (Wildman–Crippen LogP) is 2.27. The molecular weight excluding hydrogens is 178 g/mol. The molecule has 0 radical (unpaired) electrons. The molecule has 0 unspecified atom stereocenters. The standard InChI is InChI=1S/C11H23NO2/c1-10(2)9-12-8-6-4-3-5-7-11(13)14/h10,12H,3-9H2,1-2H3,(H,13,14). The summed E-state index contributed by atoms with van der Waals surface area (Å²) in [6.07, 6.45) is 4.47. The normalized spacial score (nSPS) is 10.8. The summed E-state index contributed by atoms with van der Waals surface area (Å²) in [5, 5.41) is 11.8. The van der Waals surface area contributed by atoms with Gasteiger partial charge in [0, 0.05) is 6.42 Å². The second kappa shape index (κ2) is 9.00. The van der Waals surface area contributed by atoms with Crippen LogP contribution in [0.1, 0.15) is 46.0 Å². The minimum Gasteiger partial charge on any atom is -0.481 e. The number of aliphatic carboxylic acids is 1. The predicted molar refractivity (Wildman–Crippen MR) is 58.4 cm³/mol. The first-order valence-corrected chi connectivity index (χ1v) is 5.55. The van der Waals surface area contributed by atoms with Gasteiger partial charge in [0.2, 0.25) is 0 Å².